The first-order valence-electron chi connectivity index (χ1n) is 14.3. The molecule has 1 heterocycles. The van der Waals surface area contributed by atoms with Crippen LogP contribution in [-0.2, 0) is 17.8 Å². The monoisotopic (exact) mass is 533 g/mol. The fraction of sp³-hybridized carbons (Fsp3) is 0.286. The van der Waals surface area contributed by atoms with Crippen LogP contribution in [0.2, 0.25) is 0 Å². The van der Waals surface area contributed by atoms with Gasteiger partial charge in [-0.25, -0.2) is 4.79 Å². The number of para-hydroxylation sites is 1. The highest BCUT2D eigenvalue weighted by atomic mass is 16.6. The minimum atomic E-state index is -0.206. The van der Waals surface area contributed by atoms with Crippen LogP contribution in [0.25, 0.3) is 0 Å². The number of carbonyl (C=O) groups excluding carboxylic acids is 1. The number of likely N-dealkylation sites (tertiary alicyclic amines) is 1. The lowest BCUT2D eigenvalue weighted by Crippen LogP contribution is -2.42. The van der Waals surface area contributed by atoms with E-state index >= 15 is 0 Å². The lowest BCUT2D eigenvalue weighted by atomic mass is 10.0. The fourth-order valence-corrected chi connectivity index (χ4v) is 5.47. The van der Waals surface area contributed by atoms with Gasteiger partial charge in [-0.2, -0.15) is 0 Å². The zero-order valence-electron chi connectivity index (χ0n) is 23.1. The zero-order valence-corrected chi connectivity index (χ0v) is 23.1. The highest BCUT2D eigenvalue weighted by Gasteiger charge is 2.25. The molecule has 1 saturated heterocycles. The minimum Gasteiger partial charge on any atom is -0.449 e. The Bertz CT molecular complexity index is 1240. The second kappa shape index (κ2) is 14.3. The summed E-state index contributed by atoms with van der Waals surface area (Å²) in [6, 6.07) is 42.5. The maximum absolute atomic E-state index is 13.0. The molecule has 0 saturated carbocycles. The predicted molar refractivity (Wildman–Crippen MR) is 162 cm³/mol. The first-order valence-corrected chi connectivity index (χ1v) is 14.3. The van der Waals surface area contributed by atoms with E-state index in [0.29, 0.717) is 25.7 Å². The molecular formula is C35H39N3O2. The van der Waals surface area contributed by atoms with E-state index in [-0.39, 0.29) is 12.1 Å². The van der Waals surface area contributed by atoms with E-state index in [9.17, 15) is 4.79 Å². The van der Waals surface area contributed by atoms with E-state index in [4.69, 9.17) is 4.74 Å². The van der Waals surface area contributed by atoms with Crippen LogP contribution in [0.3, 0.4) is 0 Å². The third-order valence-corrected chi connectivity index (χ3v) is 7.60. The van der Waals surface area contributed by atoms with Crippen LogP contribution in [0, 0.1) is 0 Å². The van der Waals surface area contributed by atoms with Crippen LogP contribution in [-0.4, -0.2) is 41.6 Å². The summed E-state index contributed by atoms with van der Waals surface area (Å²) < 4.78 is 5.88. The highest BCUT2D eigenvalue weighted by Crippen LogP contribution is 2.28. The zero-order chi connectivity index (χ0) is 27.4. The molecule has 1 aliphatic heterocycles. The van der Waals surface area contributed by atoms with Gasteiger partial charge in [-0.15, -0.1) is 0 Å². The molecule has 4 aromatic rings. The molecule has 0 bridgehead atoms. The van der Waals surface area contributed by atoms with Gasteiger partial charge < -0.3 is 15.0 Å². The molecule has 0 aromatic heterocycles. The summed E-state index contributed by atoms with van der Waals surface area (Å²) in [6.07, 6.45) is 2.35. The number of ether oxygens (including phenoxy) is 1. The Morgan fingerprint density at radius 2 is 1.25 bits per heavy atom. The summed E-state index contributed by atoms with van der Waals surface area (Å²) in [6.45, 7) is 3.41. The summed E-state index contributed by atoms with van der Waals surface area (Å²) >= 11 is 0. The standard InChI is InChI=1S/C35H39N3O2/c39-35(37-24-21-33(22-25-37)36-32-19-11-4-12-20-32)40-26-23-34(31-17-9-3-10-18-31)38(27-29-13-5-1-6-14-29)28-30-15-7-2-8-16-30/h1-20,33-34,36H,21-28H2. The molecule has 1 fully saturated rings. The molecule has 0 radical (unpaired) electrons. The van der Waals surface area contributed by atoms with Crippen LogP contribution < -0.4 is 5.32 Å². The Hall–Kier alpha value is -4.09. The lowest BCUT2D eigenvalue weighted by Gasteiger charge is -2.34. The maximum Gasteiger partial charge on any atom is 0.409 e. The molecule has 5 nitrogen and oxygen atoms in total. The highest BCUT2D eigenvalue weighted by molar-refractivity contribution is 5.67. The van der Waals surface area contributed by atoms with Crippen LogP contribution in [0.15, 0.2) is 121 Å². The van der Waals surface area contributed by atoms with Crippen molar-refractivity contribution in [1.29, 1.82) is 0 Å². The van der Waals surface area contributed by atoms with E-state index in [2.05, 4.69) is 113 Å². The third kappa shape index (κ3) is 7.96. The summed E-state index contributed by atoms with van der Waals surface area (Å²) in [4.78, 5) is 17.4. The lowest BCUT2D eigenvalue weighted by molar-refractivity contribution is 0.0780. The molecular weight excluding hydrogens is 494 g/mol. The number of carbonyl (C=O) groups is 1. The smallest absolute Gasteiger partial charge is 0.409 e. The fourth-order valence-electron chi connectivity index (χ4n) is 5.47. The molecule has 1 N–H and O–H groups in total. The number of amides is 1. The van der Waals surface area contributed by atoms with Gasteiger partial charge in [-0.3, -0.25) is 4.90 Å². The Kier molecular flexibility index (Phi) is 9.85. The van der Waals surface area contributed by atoms with Crippen molar-refractivity contribution in [3.8, 4) is 0 Å². The average Bonchev–Trinajstić information content (AvgIpc) is 3.01. The number of benzene rings is 4. The molecule has 5 heteroatoms. The second-order valence-corrected chi connectivity index (χ2v) is 10.5. The van der Waals surface area contributed by atoms with Gasteiger partial charge in [-0.05, 0) is 41.7 Å². The van der Waals surface area contributed by atoms with Crippen molar-refractivity contribution in [2.45, 2.75) is 44.4 Å². The van der Waals surface area contributed by atoms with E-state index in [1.165, 1.54) is 16.7 Å². The van der Waals surface area contributed by atoms with Gasteiger partial charge >= 0.3 is 6.09 Å². The summed E-state index contributed by atoms with van der Waals surface area (Å²) in [7, 11) is 0. The molecule has 1 amide bonds. The van der Waals surface area contributed by atoms with E-state index in [0.717, 1.165) is 38.0 Å². The number of anilines is 1. The minimum absolute atomic E-state index is 0.107. The number of nitrogens with one attached hydrogen (secondary N) is 1. The molecule has 40 heavy (non-hydrogen) atoms. The van der Waals surface area contributed by atoms with E-state index in [1.807, 2.05) is 23.1 Å². The topological polar surface area (TPSA) is 44.8 Å². The molecule has 5 rings (SSSR count). The van der Waals surface area contributed by atoms with Gasteiger partial charge in [0.2, 0.25) is 0 Å². The maximum atomic E-state index is 13.0. The summed E-state index contributed by atoms with van der Waals surface area (Å²) in [5.41, 5.74) is 4.90. The number of rotatable bonds is 11. The Morgan fingerprint density at radius 1 is 0.750 bits per heavy atom. The number of hydrogen-bond donors (Lipinski definition) is 1. The normalized spacial score (nSPS) is 14.6. The van der Waals surface area contributed by atoms with Crippen molar-refractivity contribution >= 4 is 11.8 Å². The van der Waals surface area contributed by atoms with Gasteiger partial charge in [-0.1, -0.05) is 109 Å². The average molecular weight is 534 g/mol. The van der Waals surface area contributed by atoms with E-state index < -0.39 is 0 Å². The number of nitrogens with zero attached hydrogens (tertiary/aromatic N) is 2. The van der Waals surface area contributed by atoms with Crippen molar-refractivity contribution in [3.63, 3.8) is 0 Å². The van der Waals surface area contributed by atoms with Gasteiger partial charge in [0, 0.05) is 50.4 Å². The molecule has 1 unspecified atom stereocenters. The molecule has 1 atom stereocenters. The number of piperidine rings is 1. The van der Waals surface area contributed by atoms with Gasteiger partial charge in [0.1, 0.15) is 0 Å². The second-order valence-electron chi connectivity index (χ2n) is 10.5. The predicted octanol–water partition coefficient (Wildman–Crippen LogP) is 7.53. The Labute approximate surface area is 238 Å². The molecule has 206 valence electrons. The first kappa shape index (κ1) is 27.5. The van der Waals surface area contributed by atoms with Gasteiger partial charge in [0.15, 0.2) is 0 Å². The van der Waals surface area contributed by atoms with Crippen LogP contribution >= 0.6 is 0 Å². The Balaban J connectivity index is 1.21. The van der Waals surface area contributed by atoms with E-state index in [1.54, 1.807) is 0 Å². The van der Waals surface area contributed by atoms with Crippen LogP contribution in [0.1, 0.15) is 42.0 Å². The van der Waals surface area contributed by atoms with Crippen molar-refractivity contribution in [3.05, 3.63) is 138 Å². The van der Waals surface area contributed by atoms with Crippen LogP contribution in [0.4, 0.5) is 10.5 Å². The molecule has 4 aromatic carbocycles. The SMILES string of the molecule is O=C(OCCC(c1ccccc1)N(Cc1ccccc1)Cc1ccccc1)N1CCC(Nc2ccccc2)CC1. The number of hydrogen-bond acceptors (Lipinski definition) is 4. The molecule has 1 aliphatic rings. The van der Waals surface area contributed by atoms with Gasteiger partial charge in [0.05, 0.1) is 6.61 Å². The summed E-state index contributed by atoms with van der Waals surface area (Å²) in [5.74, 6) is 0. The third-order valence-electron chi connectivity index (χ3n) is 7.60. The molecule has 0 aliphatic carbocycles. The van der Waals surface area contributed by atoms with Crippen molar-refractivity contribution < 1.29 is 9.53 Å². The molecule has 0 spiro atoms. The van der Waals surface area contributed by atoms with Crippen molar-refractivity contribution in [2.75, 3.05) is 25.0 Å². The summed E-state index contributed by atoms with van der Waals surface area (Å²) in [5, 5.41) is 3.58. The van der Waals surface area contributed by atoms with Crippen molar-refractivity contribution in [2.24, 2.45) is 0 Å². The van der Waals surface area contributed by atoms with Crippen molar-refractivity contribution in [1.82, 2.24) is 9.80 Å². The van der Waals surface area contributed by atoms with Crippen LogP contribution in [0.5, 0.6) is 0 Å². The Morgan fingerprint density at radius 3 is 1.80 bits per heavy atom. The quantitative estimate of drug-likeness (QED) is 0.216. The van der Waals surface area contributed by atoms with Gasteiger partial charge in [0.25, 0.3) is 0 Å². The largest absolute Gasteiger partial charge is 0.449 e. The first-order chi connectivity index (χ1) is 19.7.